The van der Waals surface area contributed by atoms with Gasteiger partial charge in [0.15, 0.2) is 0 Å². The number of phenolic OH excluding ortho intramolecular Hbond substituents is 1. The summed E-state index contributed by atoms with van der Waals surface area (Å²) in [6.07, 6.45) is 5.10. The van der Waals surface area contributed by atoms with Crippen molar-refractivity contribution in [3.63, 3.8) is 0 Å². The molecule has 0 radical (unpaired) electrons. The van der Waals surface area contributed by atoms with Crippen molar-refractivity contribution in [1.82, 2.24) is 20.3 Å². The van der Waals surface area contributed by atoms with Crippen LogP contribution >= 0.6 is 0 Å². The molecular formula is C21H25N5O2. The summed E-state index contributed by atoms with van der Waals surface area (Å²) in [6, 6.07) is 8.91. The number of phenols is 1. The van der Waals surface area contributed by atoms with Gasteiger partial charge in [0.2, 0.25) is 5.95 Å². The molecule has 0 unspecified atom stereocenters. The Hall–Kier alpha value is -3.35. The summed E-state index contributed by atoms with van der Waals surface area (Å²) in [5.74, 6) is 0.626. The van der Waals surface area contributed by atoms with E-state index in [4.69, 9.17) is 0 Å². The normalized spacial score (nSPS) is 10.6. The highest BCUT2D eigenvalue weighted by molar-refractivity contribution is 5.93. The number of nitrogens with zero attached hydrogens (tertiary/aromatic N) is 2. The Balaban J connectivity index is 1.65. The second-order valence-corrected chi connectivity index (χ2v) is 6.59. The third-order valence-corrected chi connectivity index (χ3v) is 4.38. The van der Waals surface area contributed by atoms with Crippen LogP contribution in [0.4, 0.5) is 5.95 Å². The highest BCUT2D eigenvalue weighted by Gasteiger charge is 2.13. The summed E-state index contributed by atoms with van der Waals surface area (Å²) in [5.41, 5.74) is 3.84. The van der Waals surface area contributed by atoms with Gasteiger partial charge in [0.1, 0.15) is 11.4 Å². The van der Waals surface area contributed by atoms with E-state index in [1.54, 1.807) is 30.6 Å². The number of hydrogen-bond donors (Lipinski definition) is 4. The maximum atomic E-state index is 12.4. The minimum Gasteiger partial charge on any atom is -0.508 e. The molecule has 146 valence electrons. The Labute approximate surface area is 164 Å². The molecule has 7 nitrogen and oxygen atoms in total. The number of H-pyrrole nitrogens is 1. The molecule has 2 heterocycles. The highest BCUT2D eigenvalue weighted by Crippen LogP contribution is 2.23. The smallest absolute Gasteiger partial charge is 0.267 e. The zero-order valence-corrected chi connectivity index (χ0v) is 16.1. The molecule has 0 saturated heterocycles. The van der Waals surface area contributed by atoms with Gasteiger partial charge in [-0.25, -0.2) is 9.97 Å². The van der Waals surface area contributed by atoms with Crippen molar-refractivity contribution in [3.05, 3.63) is 59.5 Å². The van der Waals surface area contributed by atoms with E-state index in [-0.39, 0.29) is 11.7 Å². The van der Waals surface area contributed by atoms with Gasteiger partial charge >= 0.3 is 0 Å². The lowest BCUT2D eigenvalue weighted by molar-refractivity contribution is 0.0949. The van der Waals surface area contributed by atoms with E-state index in [1.165, 1.54) is 0 Å². The SMILES string of the molecule is CCCNc1ncc(C)c(-c2c[nH]c(C(=O)NCCc3ccccc3O)c2)n1. The van der Waals surface area contributed by atoms with Crippen LogP contribution in [0.25, 0.3) is 11.3 Å². The summed E-state index contributed by atoms with van der Waals surface area (Å²) >= 11 is 0. The van der Waals surface area contributed by atoms with Gasteiger partial charge in [-0.15, -0.1) is 0 Å². The van der Waals surface area contributed by atoms with Crippen LogP contribution in [0.15, 0.2) is 42.7 Å². The Morgan fingerprint density at radius 2 is 2.07 bits per heavy atom. The largest absolute Gasteiger partial charge is 0.508 e. The first-order chi connectivity index (χ1) is 13.6. The lowest BCUT2D eigenvalue weighted by atomic mass is 10.1. The number of carbonyl (C=O) groups is 1. The molecule has 0 bridgehead atoms. The third-order valence-electron chi connectivity index (χ3n) is 4.38. The van der Waals surface area contributed by atoms with E-state index >= 15 is 0 Å². The maximum Gasteiger partial charge on any atom is 0.267 e. The molecule has 0 fully saturated rings. The fraction of sp³-hybridized carbons (Fsp3) is 0.286. The number of aryl methyl sites for hydroxylation is 1. The Bertz CT molecular complexity index is 951. The molecule has 3 aromatic rings. The predicted octanol–water partition coefficient (Wildman–Crippen LogP) is 3.28. The Morgan fingerprint density at radius 3 is 2.86 bits per heavy atom. The number of nitrogens with one attached hydrogen (secondary N) is 3. The Morgan fingerprint density at radius 1 is 1.25 bits per heavy atom. The number of anilines is 1. The van der Waals surface area contributed by atoms with Crippen molar-refractivity contribution < 1.29 is 9.90 Å². The minimum absolute atomic E-state index is 0.197. The number of aromatic hydroxyl groups is 1. The van der Waals surface area contributed by atoms with Crippen molar-refractivity contribution in [2.45, 2.75) is 26.7 Å². The number of aromatic nitrogens is 3. The predicted molar refractivity (Wildman–Crippen MR) is 109 cm³/mol. The molecule has 28 heavy (non-hydrogen) atoms. The maximum absolute atomic E-state index is 12.4. The van der Waals surface area contributed by atoms with Crippen LogP contribution in [-0.2, 0) is 6.42 Å². The standard InChI is InChI=1S/C21H25N5O2/c1-3-9-23-21-25-12-14(2)19(26-21)16-11-17(24-13-16)20(28)22-10-8-15-6-4-5-7-18(15)27/h4-7,11-13,24,27H,3,8-10H2,1-2H3,(H,22,28)(H,23,25,26). The fourth-order valence-corrected chi connectivity index (χ4v) is 2.85. The number of benzene rings is 1. The minimum atomic E-state index is -0.197. The lowest BCUT2D eigenvalue weighted by Crippen LogP contribution is -2.25. The summed E-state index contributed by atoms with van der Waals surface area (Å²) in [4.78, 5) is 24.3. The van der Waals surface area contributed by atoms with Crippen molar-refractivity contribution in [2.24, 2.45) is 0 Å². The molecule has 2 aromatic heterocycles. The molecule has 0 spiro atoms. The van der Waals surface area contributed by atoms with Crippen LogP contribution < -0.4 is 10.6 Å². The molecule has 0 atom stereocenters. The number of aromatic amines is 1. The second-order valence-electron chi connectivity index (χ2n) is 6.59. The van der Waals surface area contributed by atoms with Crippen LogP contribution in [0.1, 0.15) is 35.0 Å². The van der Waals surface area contributed by atoms with Gasteiger partial charge in [-0.1, -0.05) is 25.1 Å². The van der Waals surface area contributed by atoms with Crippen LogP contribution in [0.5, 0.6) is 5.75 Å². The van der Waals surface area contributed by atoms with Crippen molar-refractivity contribution in [3.8, 4) is 17.0 Å². The van der Waals surface area contributed by atoms with Crippen molar-refractivity contribution in [1.29, 1.82) is 0 Å². The number of rotatable bonds is 8. The van der Waals surface area contributed by atoms with E-state index in [0.29, 0.717) is 24.6 Å². The zero-order valence-electron chi connectivity index (χ0n) is 16.1. The van der Waals surface area contributed by atoms with Gasteiger partial charge in [-0.3, -0.25) is 4.79 Å². The van der Waals surface area contributed by atoms with E-state index in [9.17, 15) is 9.90 Å². The zero-order chi connectivity index (χ0) is 19.9. The summed E-state index contributed by atoms with van der Waals surface area (Å²) < 4.78 is 0. The summed E-state index contributed by atoms with van der Waals surface area (Å²) in [6.45, 7) is 5.26. The molecule has 0 saturated carbocycles. The number of hydrogen-bond acceptors (Lipinski definition) is 5. The number of para-hydroxylation sites is 1. The summed E-state index contributed by atoms with van der Waals surface area (Å²) in [7, 11) is 0. The van der Waals surface area contributed by atoms with Gasteiger partial charge in [0, 0.05) is 31.0 Å². The molecule has 3 rings (SSSR count). The second kappa shape index (κ2) is 9.03. The summed E-state index contributed by atoms with van der Waals surface area (Å²) in [5, 5.41) is 15.8. The first-order valence-corrected chi connectivity index (χ1v) is 9.40. The molecule has 7 heteroatoms. The monoisotopic (exact) mass is 379 g/mol. The van der Waals surface area contributed by atoms with E-state index in [0.717, 1.165) is 35.3 Å². The van der Waals surface area contributed by atoms with Gasteiger partial charge in [0.25, 0.3) is 5.91 Å². The van der Waals surface area contributed by atoms with E-state index < -0.39 is 0 Å². The van der Waals surface area contributed by atoms with Gasteiger partial charge in [-0.05, 0) is 43.0 Å². The van der Waals surface area contributed by atoms with E-state index in [2.05, 4.69) is 32.5 Å². The van der Waals surface area contributed by atoms with Crippen LogP contribution in [0, 0.1) is 6.92 Å². The average molecular weight is 379 g/mol. The fourth-order valence-electron chi connectivity index (χ4n) is 2.85. The molecule has 0 aliphatic heterocycles. The van der Waals surface area contributed by atoms with Gasteiger partial charge in [0.05, 0.1) is 5.69 Å². The average Bonchev–Trinajstić information content (AvgIpc) is 3.19. The number of carbonyl (C=O) groups excluding carboxylic acids is 1. The molecule has 0 aliphatic rings. The van der Waals surface area contributed by atoms with E-state index in [1.807, 2.05) is 19.1 Å². The molecule has 0 aliphatic carbocycles. The number of amides is 1. The molecule has 4 N–H and O–H groups in total. The third kappa shape index (κ3) is 4.68. The van der Waals surface area contributed by atoms with Crippen molar-refractivity contribution in [2.75, 3.05) is 18.4 Å². The molecule has 1 amide bonds. The topological polar surface area (TPSA) is 103 Å². The Kier molecular flexibility index (Phi) is 6.26. The van der Waals surface area contributed by atoms with Gasteiger partial charge < -0.3 is 20.7 Å². The first kappa shape index (κ1) is 19.4. The van der Waals surface area contributed by atoms with Gasteiger partial charge in [-0.2, -0.15) is 0 Å². The molecule has 1 aromatic carbocycles. The van der Waals surface area contributed by atoms with Crippen LogP contribution in [0.3, 0.4) is 0 Å². The molecular weight excluding hydrogens is 354 g/mol. The van der Waals surface area contributed by atoms with Crippen molar-refractivity contribution >= 4 is 11.9 Å². The first-order valence-electron chi connectivity index (χ1n) is 9.40. The lowest BCUT2D eigenvalue weighted by Gasteiger charge is -2.07. The van der Waals surface area contributed by atoms with Crippen LogP contribution in [0.2, 0.25) is 0 Å². The quantitative estimate of drug-likeness (QED) is 0.481. The highest BCUT2D eigenvalue weighted by atomic mass is 16.3. The van der Waals surface area contributed by atoms with Crippen LogP contribution in [-0.4, -0.2) is 39.1 Å².